The van der Waals surface area contributed by atoms with Crippen molar-refractivity contribution in [1.29, 1.82) is 0 Å². The normalized spacial score (nSPS) is 11.5. The number of halogens is 2. The van der Waals surface area contributed by atoms with Gasteiger partial charge in [-0.3, -0.25) is 4.79 Å². The molecule has 0 unspecified atom stereocenters. The van der Waals surface area contributed by atoms with E-state index in [0.29, 0.717) is 15.3 Å². The maximum atomic E-state index is 12.7. The lowest BCUT2D eigenvalue weighted by Gasteiger charge is -2.07. The molecule has 0 bridgehead atoms. The number of hydrogen-bond acceptors (Lipinski definition) is 7. The van der Waals surface area contributed by atoms with Gasteiger partial charge in [-0.2, -0.15) is 18.6 Å². The number of para-hydroxylation sites is 1. The highest BCUT2D eigenvalue weighted by Crippen LogP contribution is 2.27. The maximum Gasteiger partial charge on any atom is 0.387 e. The first-order valence-electron chi connectivity index (χ1n) is 8.18. The quantitative estimate of drug-likeness (QED) is 0.462. The van der Waals surface area contributed by atoms with Gasteiger partial charge in [-0.05, 0) is 31.5 Å². The summed E-state index contributed by atoms with van der Waals surface area (Å²) in [6.45, 7) is 0.559. The lowest BCUT2D eigenvalue weighted by Crippen LogP contribution is -2.17. The minimum atomic E-state index is -2.98. The number of aromatic nitrogens is 2. The number of alkyl halides is 2. The Morgan fingerprint density at radius 2 is 2.14 bits per heavy atom. The van der Waals surface area contributed by atoms with Crippen molar-refractivity contribution in [2.75, 3.05) is 6.61 Å². The van der Waals surface area contributed by atoms with Crippen LogP contribution in [0.25, 0.3) is 10.2 Å². The molecular weight excluding hydrogens is 392 g/mol. The summed E-state index contributed by atoms with van der Waals surface area (Å²) >= 11 is 1.06. The summed E-state index contributed by atoms with van der Waals surface area (Å²) in [6, 6.07) is 6.05. The fraction of sp³-hybridized carbons (Fsp3) is 0.222. The predicted octanol–water partition coefficient (Wildman–Crippen LogP) is 3.43. The first kappa shape index (κ1) is 19.6. The van der Waals surface area contributed by atoms with Crippen molar-refractivity contribution in [3.8, 4) is 5.75 Å². The molecule has 10 heteroatoms. The molecule has 0 saturated carbocycles. The second-order valence-electron chi connectivity index (χ2n) is 5.51. The number of benzene rings is 1. The van der Waals surface area contributed by atoms with Crippen LogP contribution in [0.15, 0.2) is 40.5 Å². The van der Waals surface area contributed by atoms with Crippen LogP contribution < -0.4 is 10.3 Å². The third kappa shape index (κ3) is 3.91. The molecule has 0 N–H and O–H groups in total. The average molecular weight is 407 g/mol. The molecule has 0 aliphatic heterocycles. The monoisotopic (exact) mass is 407 g/mol. The zero-order valence-corrected chi connectivity index (χ0v) is 15.7. The topological polar surface area (TPSA) is 82.8 Å². The SMILES string of the molecule is CCOC(=O)c1sc2ncn(/N=C/c3ccccc3OC(F)F)c(=O)c2c1C. The number of nitrogens with zero attached hydrogens (tertiary/aromatic N) is 3. The average Bonchev–Trinajstić information content (AvgIpc) is 2.99. The highest BCUT2D eigenvalue weighted by molar-refractivity contribution is 7.20. The van der Waals surface area contributed by atoms with E-state index in [-0.39, 0.29) is 23.3 Å². The molecule has 2 aromatic heterocycles. The van der Waals surface area contributed by atoms with Crippen LogP contribution in [0.2, 0.25) is 0 Å². The first-order chi connectivity index (χ1) is 13.4. The molecule has 0 spiro atoms. The number of aryl methyl sites for hydroxylation is 1. The molecule has 3 rings (SSSR count). The Bertz CT molecular complexity index is 1110. The van der Waals surface area contributed by atoms with Gasteiger partial charge in [-0.15, -0.1) is 11.3 Å². The van der Waals surface area contributed by atoms with Crippen LogP contribution in [-0.2, 0) is 4.74 Å². The van der Waals surface area contributed by atoms with Gasteiger partial charge in [0.1, 0.15) is 21.8 Å². The fourth-order valence-corrected chi connectivity index (χ4v) is 3.54. The molecule has 2 heterocycles. The third-order valence-electron chi connectivity index (χ3n) is 3.75. The van der Waals surface area contributed by atoms with Crippen LogP contribution in [0.5, 0.6) is 5.75 Å². The van der Waals surface area contributed by atoms with E-state index in [0.717, 1.165) is 16.0 Å². The minimum Gasteiger partial charge on any atom is -0.462 e. The van der Waals surface area contributed by atoms with E-state index < -0.39 is 18.1 Å². The Hall–Kier alpha value is -3.14. The Morgan fingerprint density at radius 3 is 2.86 bits per heavy atom. The van der Waals surface area contributed by atoms with Crippen LogP contribution in [0.3, 0.4) is 0 Å². The summed E-state index contributed by atoms with van der Waals surface area (Å²) in [5.74, 6) is -0.588. The molecular formula is C18H15F2N3O4S. The van der Waals surface area contributed by atoms with E-state index in [2.05, 4.69) is 14.8 Å². The van der Waals surface area contributed by atoms with Crippen molar-refractivity contribution in [3.63, 3.8) is 0 Å². The van der Waals surface area contributed by atoms with Crippen LogP contribution in [0.4, 0.5) is 8.78 Å². The molecule has 0 saturated heterocycles. The number of hydrogen-bond donors (Lipinski definition) is 0. The summed E-state index contributed by atoms with van der Waals surface area (Å²) in [5, 5.41) is 4.26. The van der Waals surface area contributed by atoms with Gasteiger partial charge in [0.15, 0.2) is 0 Å². The molecule has 7 nitrogen and oxygen atoms in total. The summed E-state index contributed by atoms with van der Waals surface area (Å²) in [5.41, 5.74) is 0.240. The molecule has 1 aromatic carbocycles. The van der Waals surface area contributed by atoms with E-state index in [9.17, 15) is 18.4 Å². The zero-order chi connectivity index (χ0) is 20.3. The molecule has 3 aromatic rings. The fourth-order valence-electron chi connectivity index (χ4n) is 2.50. The van der Waals surface area contributed by atoms with Crippen LogP contribution in [-0.4, -0.2) is 35.1 Å². The van der Waals surface area contributed by atoms with E-state index in [4.69, 9.17) is 4.74 Å². The van der Waals surface area contributed by atoms with E-state index in [1.54, 1.807) is 26.0 Å². The largest absolute Gasteiger partial charge is 0.462 e. The summed E-state index contributed by atoms with van der Waals surface area (Å²) in [4.78, 5) is 29.6. The molecule has 0 aliphatic carbocycles. The number of thiophene rings is 1. The van der Waals surface area contributed by atoms with Crippen molar-refractivity contribution in [1.82, 2.24) is 9.66 Å². The van der Waals surface area contributed by atoms with Gasteiger partial charge >= 0.3 is 12.6 Å². The smallest absolute Gasteiger partial charge is 0.387 e. The summed E-state index contributed by atoms with van der Waals surface area (Å²) in [7, 11) is 0. The van der Waals surface area contributed by atoms with Crippen LogP contribution in [0.1, 0.15) is 27.7 Å². The van der Waals surface area contributed by atoms with Crippen molar-refractivity contribution in [3.05, 3.63) is 57.0 Å². The van der Waals surface area contributed by atoms with Gasteiger partial charge < -0.3 is 9.47 Å². The van der Waals surface area contributed by atoms with Gasteiger partial charge in [0.05, 0.1) is 18.2 Å². The summed E-state index contributed by atoms with van der Waals surface area (Å²) in [6.07, 6.45) is 2.42. The highest BCUT2D eigenvalue weighted by Gasteiger charge is 2.20. The second-order valence-corrected chi connectivity index (χ2v) is 6.51. The van der Waals surface area contributed by atoms with Crippen LogP contribution in [0, 0.1) is 6.92 Å². The molecule has 0 atom stereocenters. The molecule has 0 radical (unpaired) electrons. The second kappa shape index (κ2) is 8.26. The molecule has 0 fully saturated rings. The third-order valence-corrected chi connectivity index (χ3v) is 4.93. The summed E-state index contributed by atoms with van der Waals surface area (Å²) < 4.78 is 35.4. The number of fused-ring (bicyclic) bond motifs is 1. The van der Waals surface area contributed by atoms with Gasteiger partial charge in [0, 0.05) is 5.56 Å². The van der Waals surface area contributed by atoms with E-state index in [1.807, 2.05) is 0 Å². The number of carbonyl (C=O) groups is 1. The standard InChI is InChI=1S/C18H15F2N3O4S/c1-3-26-17(25)14-10(2)13-15(28-14)21-9-23(16(13)24)22-8-11-6-4-5-7-12(11)27-18(19)20/h4-9,18H,3H2,1-2H3/b22-8+. The lowest BCUT2D eigenvalue weighted by molar-refractivity contribution is -0.0499. The minimum absolute atomic E-state index is 0.0698. The zero-order valence-electron chi connectivity index (χ0n) is 14.9. The Morgan fingerprint density at radius 1 is 1.39 bits per heavy atom. The van der Waals surface area contributed by atoms with Gasteiger partial charge in [0.2, 0.25) is 0 Å². The van der Waals surface area contributed by atoms with E-state index in [1.165, 1.54) is 24.7 Å². The number of rotatable bonds is 6. The predicted molar refractivity (Wildman–Crippen MR) is 101 cm³/mol. The number of esters is 1. The molecule has 28 heavy (non-hydrogen) atoms. The van der Waals surface area contributed by atoms with Gasteiger partial charge in [-0.1, -0.05) is 12.1 Å². The Balaban J connectivity index is 2.00. The maximum absolute atomic E-state index is 12.7. The Kier molecular flexibility index (Phi) is 5.78. The van der Waals surface area contributed by atoms with Crippen molar-refractivity contribution in [2.45, 2.75) is 20.5 Å². The van der Waals surface area contributed by atoms with Crippen molar-refractivity contribution >= 4 is 33.7 Å². The first-order valence-corrected chi connectivity index (χ1v) is 9.00. The van der Waals surface area contributed by atoms with Gasteiger partial charge in [0.25, 0.3) is 5.56 Å². The number of carbonyl (C=O) groups excluding carboxylic acids is 1. The van der Waals surface area contributed by atoms with Gasteiger partial charge in [-0.25, -0.2) is 9.78 Å². The Labute approximate surface area is 161 Å². The molecule has 146 valence electrons. The van der Waals surface area contributed by atoms with Crippen LogP contribution >= 0.6 is 11.3 Å². The molecule has 0 amide bonds. The van der Waals surface area contributed by atoms with Crippen molar-refractivity contribution in [2.24, 2.45) is 5.10 Å². The van der Waals surface area contributed by atoms with Crippen molar-refractivity contribution < 1.29 is 23.0 Å². The molecule has 0 aliphatic rings. The lowest BCUT2D eigenvalue weighted by atomic mass is 10.2. The highest BCUT2D eigenvalue weighted by atomic mass is 32.1. The number of ether oxygens (including phenoxy) is 2. The van der Waals surface area contributed by atoms with E-state index >= 15 is 0 Å².